The highest BCUT2D eigenvalue weighted by Gasteiger charge is 2.17. The molecule has 0 unspecified atom stereocenters. The van der Waals surface area contributed by atoms with Crippen molar-refractivity contribution in [3.63, 3.8) is 0 Å². The molecule has 0 spiro atoms. The fourth-order valence-electron chi connectivity index (χ4n) is 4.02. The second kappa shape index (κ2) is 7.34. The van der Waals surface area contributed by atoms with Crippen LogP contribution in [0.2, 0.25) is 0 Å². The van der Waals surface area contributed by atoms with Crippen LogP contribution in [0.25, 0.3) is 57.5 Å². The van der Waals surface area contributed by atoms with Gasteiger partial charge in [0.1, 0.15) is 17.5 Å². The molecule has 7 heteroatoms. The minimum Gasteiger partial charge on any atom is -0.355 e. The van der Waals surface area contributed by atoms with Gasteiger partial charge in [0.15, 0.2) is 0 Å². The van der Waals surface area contributed by atoms with Crippen LogP contribution in [0.5, 0.6) is 0 Å². The van der Waals surface area contributed by atoms with Crippen LogP contribution >= 0.6 is 0 Å². The maximum Gasteiger partial charge on any atom is 0.136 e. The molecule has 8 bridgehead atoms. The summed E-state index contributed by atoms with van der Waals surface area (Å²) in [6.45, 7) is 0. The van der Waals surface area contributed by atoms with Gasteiger partial charge in [-0.15, -0.1) is 0 Å². The predicted molar refractivity (Wildman–Crippen MR) is 124 cm³/mol. The highest BCUT2D eigenvalue weighted by Crippen LogP contribution is 2.32. The van der Waals surface area contributed by atoms with Gasteiger partial charge < -0.3 is 9.97 Å². The topological polar surface area (TPSA) is 57.4 Å². The monoisotopic (exact) mass is 440 g/mol. The van der Waals surface area contributed by atoms with Crippen molar-refractivity contribution in [2.45, 2.75) is 0 Å². The van der Waals surface area contributed by atoms with Crippen LogP contribution in [0, 0.1) is 17.5 Å². The molecule has 0 saturated heterocycles. The lowest BCUT2D eigenvalue weighted by Gasteiger charge is -2.03. The third kappa shape index (κ3) is 3.63. The Kier molecular flexibility index (Phi) is 4.29. The standard InChI is InChI=1S/C26H15F3N4/c27-14-7-23(28)26(24(29)8-14)22-12-21-11-19-4-3-17(31-19)9-15-1-2-16(30-15)10-18-5-6-20(32-18)13-25(22)33-21/h1-13,30,33H. The van der Waals surface area contributed by atoms with Crippen molar-refractivity contribution >= 4 is 46.4 Å². The molecule has 2 aliphatic rings. The first kappa shape index (κ1) is 19.3. The van der Waals surface area contributed by atoms with Crippen LogP contribution < -0.4 is 0 Å². The predicted octanol–water partition coefficient (Wildman–Crippen LogP) is 6.74. The number of rotatable bonds is 1. The van der Waals surface area contributed by atoms with E-state index in [1.165, 1.54) is 0 Å². The molecule has 4 aromatic rings. The lowest BCUT2D eigenvalue weighted by atomic mass is 10.1. The van der Waals surface area contributed by atoms with Gasteiger partial charge in [-0.25, -0.2) is 23.1 Å². The SMILES string of the molecule is Fc1cc(F)c(-c2cc3cc4nc(cc5ccc(cc6nc(cc2[nH]3)C=C6)[nH]5)C=C4)c(F)c1. The van der Waals surface area contributed by atoms with Gasteiger partial charge in [-0.3, -0.25) is 0 Å². The van der Waals surface area contributed by atoms with Crippen molar-refractivity contribution in [2.24, 2.45) is 0 Å². The zero-order chi connectivity index (χ0) is 22.5. The minimum absolute atomic E-state index is 0.265. The summed E-state index contributed by atoms with van der Waals surface area (Å²) in [5, 5.41) is 0. The van der Waals surface area contributed by atoms with Gasteiger partial charge in [0.25, 0.3) is 0 Å². The molecule has 0 saturated carbocycles. The second-order valence-electron chi connectivity index (χ2n) is 7.83. The number of aromatic nitrogens is 4. The van der Waals surface area contributed by atoms with E-state index in [0.717, 1.165) is 22.4 Å². The van der Waals surface area contributed by atoms with E-state index in [1.807, 2.05) is 48.6 Å². The van der Waals surface area contributed by atoms with Gasteiger partial charge in [0, 0.05) is 39.8 Å². The molecule has 6 rings (SSSR count). The Morgan fingerprint density at radius 2 is 1.06 bits per heavy atom. The third-order valence-corrected chi connectivity index (χ3v) is 5.44. The van der Waals surface area contributed by atoms with E-state index < -0.39 is 17.5 Å². The van der Waals surface area contributed by atoms with Crippen LogP contribution in [0.1, 0.15) is 22.8 Å². The summed E-state index contributed by atoms with van der Waals surface area (Å²) in [7, 11) is 0. The first-order valence-electron chi connectivity index (χ1n) is 10.2. The zero-order valence-electron chi connectivity index (χ0n) is 17.0. The molecule has 4 nitrogen and oxygen atoms in total. The van der Waals surface area contributed by atoms with Crippen molar-refractivity contribution in [1.29, 1.82) is 0 Å². The zero-order valence-corrected chi connectivity index (χ0v) is 17.0. The van der Waals surface area contributed by atoms with Crippen LogP contribution in [-0.2, 0) is 0 Å². The highest BCUT2D eigenvalue weighted by molar-refractivity contribution is 5.88. The third-order valence-electron chi connectivity index (χ3n) is 5.44. The number of nitrogens with one attached hydrogen (secondary N) is 2. The van der Waals surface area contributed by atoms with Crippen LogP contribution in [0.3, 0.4) is 0 Å². The largest absolute Gasteiger partial charge is 0.355 e. The molecule has 5 heterocycles. The first-order chi connectivity index (χ1) is 16.0. The molecule has 0 atom stereocenters. The molecule has 33 heavy (non-hydrogen) atoms. The summed E-state index contributed by atoms with van der Waals surface area (Å²) in [5.41, 5.74) is 5.58. The maximum absolute atomic E-state index is 14.6. The average Bonchev–Trinajstić information content (AvgIpc) is 3.53. The number of aromatic amines is 2. The molecule has 0 amide bonds. The van der Waals surface area contributed by atoms with Gasteiger partial charge in [0.05, 0.1) is 28.3 Å². The van der Waals surface area contributed by atoms with Crippen molar-refractivity contribution < 1.29 is 13.2 Å². The van der Waals surface area contributed by atoms with E-state index in [-0.39, 0.29) is 11.1 Å². The van der Waals surface area contributed by atoms with Crippen molar-refractivity contribution in [3.8, 4) is 11.1 Å². The Morgan fingerprint density at radius 3 is 1.64 bits per heavy atom. The van der Waals surface area contributed by atoms with Crippen LogP contribution in [-0.4, -0.2) is 19.9 Å². The summed E-state index contributed by atoms with van der Waals surface area (Å²) < 4.78 is 42.8. The number of hydrogen-bond donors (Lipinski definition) is 2. The number of benzene rings is 1. The van der Waals surface area contributed by atoms with Gasteiger partial charge in [0.2, 0.25) is 0 Å². The quantitative estimate of drug-likeness (QED) is 0.297. The lowest BCUT2D eigenvalue weighted by Crippen LogP contribution is -1.91. The number of hydrogen-bond acceptors (Lipinski definition) is 2. The summed E-state index contributed by atoms with van der Waals surface area (Å²) in [6.07, 6.45) is 7.41. The van der Waals surface area contributed by atoms with Crippen molar-refractivity contribution in [2.75, 3.05) is 0 Å². The summed E-state index contributed by atoms with van der Waals surface area (Å²) in [5.74, 6) is -2.93. The highest BCUT2D eigenvalue weighted by atomic mass is 19.1. The normalized spacial score (nSPS) is 12.5. The molecule has 2 aliphatic heterocycles. The molecule has 0 fully saturated rings. The number of H-pyrrole nitrogens is 2. The van der Waals surface area contributed by atoms with Crippen molar-refractivity contribution in [3.05, 3.63) is 94.8 Å². The molecular formula is C26H15F3N4. The molecule has 2 N–H and O–H groups in total. The number of nitrogens with zero attached hydrogens (tertiary/aromatic N) is 2. The Bertz CT molecular complexity index is 1630. The van der Waals surface area contributed by atoms with E-state index in [0.29, 0.717) is 34.6 Å². The van der Waals surface area contributed by atoms with E-state index in [4.69, 9.17) is 0 Å². The Hall–Kier alpha value is -4.39. The van der Waals surface area contributed by atoms with E-state index in [1.54, 1.807) is 18.2 Å². The number of fused-ring (bicyclic) bond motifs is 8. The summed E-state index contributed by atoms with van der Waals surface area (Å²) in [4.78, 5) is 15.7. The van der Waals surface area contributed by atoms with Gasteiger partial charge in [-0.2, -0.15) is 0 Å². The van der Waals surface area contributed by atoms with Crippen LogP contribution in [0.4, 0.5) is 13.2 Å². The summed E-state index contributed by atoms with van der Waals surface area (Å²) in [6, 6.07) is 14.2. The average molecular weight is 440 g/mol. The molecule has 3 aromatic heterocycles. The Morgan fingerprint density at radius 1 is 0.545 bits per heavy atom. The Balaban J connectivity index is 1.69. The smallest absolute Gasteiger partial charge is 0.136 e. The molecule has 160 valence electrons. The van der Waals surface area contributed by atoms with Crippen LogP contribution in [0.15, 0.2) is 54.6 Å². The fraction of sp³-hybridized carbons (Fsp3) is 0. The molecule has 0 aliphatic carbocycles. The van der Waals surface area contributed by atoms with Gasteiger partial charge >= 0.3 is 0 Å². The summed E-state index contributed by atoms with van der Waals surface area (Å²) >= 11 is 0. The molecular weight excluding hydrogens is 425 g/mol. The van der Waals surface area contributed by atoms with E-state index >= 15 is 0 Å². The molecule has 0 radical (unpaired) electrons. The lowest BCUT2D eigenvalue weighted by molar-refractivity contribution is 0.548. The van der Waals surface area contributed by atoms with Gasteiger partial charge in [-0.1, -0.05) is 0 Å². The Labute approximate surface area is 185 Å². The van der Waals surface area contributed by atoms with E-state index in [9.17, 15) is 13.2 Å². The van der Waals surface area contributed by atoms with E-state index in [2.05, 4.69) is 19.9 Å². The second-order valence-corrected chi connectivity index (χ2v) is 7.83. The minimum atomic E-state index is -0.978. The van der Waals surface area contributed by atoms with Crippen molar-refractivity contribution in [1.82, 2.24) is 19.9 Å². The first-order valence-corrected chi connectivity index (χ1v) is 10.2. The maximum atomic E-state index is 14.6. The fourth-order valence-corrected chi connectivity index (χ4v) is 4.02. The molecule has 1 aromatic carbocycles. The van der Waals surface area contributed by atoms with Gasteiger partial charge in [-0.05, 0) is 66.8 Å². The number of halogens is 3.